The first-order valence-electron chi connectivity index (χ1n) is 38.5. The van der Waals surface area contributed by atoms with Crippen molar-refractivity contribution in [1.82, 2.24) is 0 Å². The molecular weight excluding hydrogens is 1330 g/mol. The Balaban J connectivity index is 0.704. The fourth-order valence-electron chi connectivity index (χ4n) is 20.4. The molecule has 0 radical (unpaired) electrons. The van der Waals surface area contributed by atoms with Crippen LogP contribution in [0.2, 0.25) is 0 Å². The summed E-state index contributed by atoms with van der Waals surface area (Å²) < 4.78 is 14.9. The highest BCUT2D eigenvalue weighted by atomic mass is 16.3. The van der Waals surface area contributed by atoms with E-state index < -0.39 is 0 Å². The second-order valence-electron chi connectivity index (χ2n) is 31.7. The molecule has 514 valence electrons. The average molecular weight is 1400 g/mol. The number of hydrogen-bond donors (Lipinski definition) is 0. The molecule has 16 aromatic carbocycles. The zero-order valence-electron chi connectivity index (χ0n) is 61.1. The zero-order valence-corrected chi connectivity index (χ0v) is 61.1. The summed E-state index contributed by atoms with van der Waals surface area (Å²) in [4.78, 5) is 10.5. The Kier molecular flexibility index (Phi) is 12.6. The molecule has 0 spiro atoms. The fourth-order valence-corrected chi connectivity index (χ4v) is 20.4. The van der Waals surface area contributed by atoms with Crippen LogP contribution in [0, 0.1) is 0 Å². The van der Waals surface area contributed by atoms with Crippen molar-refractivity contribution in [3.8, 4) is 77.9 Å². The van der Waals surface area contributed by atoms with Gasteiger partial charge in [-0.05, 0) is 184 Å². The molecule has 24 rings (SSSR count). The molecule has 0 amide bonds. The van der Waals surface area contributed by atoms with Crippen LogP contribution in [-0.4, -0.2) is 13.7 Å². The molecule has 0 aliphatic carbocycles. The standard InChI is InChI=1S/C102H68B2N4O2/c1-101(2)80-38-16-19-45-88(80)105-95-82(101)40-24-42-84(95)103-93-78(76-58-67(62-28-10-6-11-29-62)52-53-87(76)107(103)70-33-22-32-66(55-70)61-26-8-5-9-27-61)60-91-92(97(93)105)75-37-23-36-72(99(75)110-91)65-50-48-64(49-51-65)69-54-68(63-30-12-7-13-31-63)56-71(57-69)108-86-44-18-14-34-73(86)77-59-79-74-35-15-21-47-90(74)109-100(79)98-94(77)104(108)85-43-25-41-83-96(85)106(98)89-46-20-17-39-81(89)102(83,3)4/h5-60H,1-4H3. The largest absolute Gasteiger partial charge is 0.455 e. The van der Waals surface area contributed by atoms with Crippen molar-refractivity contribution in [3.05, 3.63) is 362 Å². The molecule has 8 heteroatoms. The van der Waals surface area contributed by atoms with E-state index in [0.717, 1.165) is 123 Å². The number of para-hydroxylation sites is 7. The number of hydrogen-bond acceptors (Lipinski definition) is 6. The highest BCUT2D eigenvalue weighted by Crippen LogP contribution is 2.61. The Bertz CT molecular complexity index is 7020. The van der Waals surface area contributed by atoms with Crippen LogP contribution in [0.1, 0.15) is 49.9 Å². The molecule has 0 bridgehead atoms. The van der Waals surface area contributed by atoms with E-state index >= 15 is 0 Å². The molecule has 18 aromatic rings. The van der Waals surface area contributed by atoms with Crippen LogP contribution in [0.4, 0.5) is 56.9 Å². The predicted molar refractivity (Wildman–Crippen MR) is 460 cm³/mol. The lowest BCUT2D eigenvalue weighted by Gasteiger charge is -2.50. The Morgan fingerprint density at radius 1 is 0.255 bits per heavy atom. The molecule has 8 heterocycles. The Hall–Kier alpha value is -13.6. The van der Waals surface area contributed by atoms with Gasteiger partial charge < -0.3 is 28.3 Å². The first-order chi connectivity index (χ1) is 54.1. The van der Waals surface area contributed by atoms with Crippen molar-refractivity contribution in [2.24, 2.45) is 0 Å². The van der Waals surface area contributed by atoms with Gasteiger partial charge in [-0.25, -0.2) is 0 Å². The second-order valence-corrected chi connectivity index (χ2v) is 31.7. The van der Waals surface area contributed by atoms with Crippen LogP contribution in [-0.2, 0) is 10.8 Å². The van der Waals surface area contributed by atoms with E-state index in [1.165, 1.54) is 100 Å². The van der Waals surface area contributed by atoms with Gasteiger partial charge in [0.15, 0.2) is 5.58 Å². The minimum atomic E-state index is -0.311. The van der Waals surface area contributed by atoms with Gasteiger partial charge in [-0.2, -0.15) is 0 Å². The van der Waals surface area contributed by atoms with Gasteiger partial charge >= 0.3 is 13.7 Å². The van der Waals surface area contributed by atoms with Gasteiger partial charge in [0.1, 0.15) is 16.7 Å². The molecule has 6 nitrogen and oxygen atoms in total. The summed E-state index contributed by atoms with van der Waals surface area (Å²) in [7, 11) is 0. The van der Waals surface area contributed by atoms with Gasteiger partial charge in [-0.15, -0.1) is 0 Å². The third-order valence-electron chi connectivity index (χ3n) is 25.3. The minimum absolute atomic E-state index is 0.215. The van der Waals surface area contributed by atoms with Gasteiger partial charge in [-0.3, -0.25) is 0 Å². The SMILES string of the molecule is CC1(C)c2ccccc2N2c3c(cccc31)B1c3c(cc4c(oc5ccccc54)c32)-c2ccccc2N1c1cc(-c2ccccc2)cc(-c2ccc(-c3cccc4c3oc3cc5c6c(c34)N3c4ccccc4C(C)(C)c4cccc(c43)B6N(c3cccc(-c4ccccc4)c3)c3ccc(-c4ccccc4)cc3-5)cc2)c1. The molecule has 0 unspecified atom stereocenters. The van der Waals surface area contributed by atoms with Crippen LogP contribution in [0.25, 0.3) is 122 Å². The fraction of sp³-hybridized carbons (Fsp3) is 0.0588. The first kappa shape index (κ1) is 61.6. The number of benzene rings is 16. The van der Waals surface area contributed by atoms with Crippen molar-refractivity contribution in [1.29, 1.82) is 0 Å². The quantitative estimate of drug-likeness (QED) is 0.148. The Morgan fingerprint density at radius 3 is 1.38 bits per heavy atom. The highest BCUT2D eigenvalue weighted by molar-refractivity contribution is 6.95. The third-order valence-corrected chi connectivity index (χ3v) is 25.3. The summed E-state index contributed by atoms with van der Waals surface area (Å²) in [5, 5.41) is 4.42. The van der Waals surface area contributed by atoms with E-state index in [4.69, 9.17) is 8.83 Å². The topological polar surface area (TPSA) is 39.2 Å². The normalized spacial score (nSPS) is 14.6. The zero-order chi connectivity index (χ0) is 72.6. The van der Waals surface area contributed by atoms with Gasteiger partial charge in [0.25, 0.3) is 0 Å². The van der Waals surface area contributed by atoms with Crippen LogP contribution >= 0.6 is 0 Å². The highest BCUT2D eigenvalue weighted by Gasteiger charge is 2.53. The lowest BCUT2D eigenvalue weighted by molar-refractivity contribution is 0.631. The number of anilines is 10. The van der Waals surface area contributed by atoms with Gasteiger partial charge in [0.05, 0.1) is 28.1 Å². The molecule has 2 aromatic heterocycles. The minimum Gasteiger partial charge on any atom is -0.455 e. The number of nitrogens with zero attached hydrogens (tertiary/aromatic N) is 4. The van der Waals surface area contributed by atoms with Crippen LogP contribution in [0.3, 0.4) is 0 Å². The van der Waals surface area contributed by atoms with E-state index in [9.17, 15) is 0 Å². The first-order valence-corrected chi connectivity index (χ1v) is 38.5. The molecule has 0 fully saturated rings. The molecule has 0 saturated carbocycles. The molecular formula is C102H68B2N4O2. The smallest absolute Gasteiger partial charge is 0.333 e. The van der Waals surface area contributed by atoms with E-state index in [1.54, 1.807) is 0 Å². The number of rotatable bonds is 7. The van der Waals surface area contributed by atoms with Crippen molar-refractivity contribution in [3.63, 3.8) is 0 Å². The monoisotopic (exact) mass is 1400 g/mol. The molecule has 6 aliphatic rings. The van der Waals surface area contributed by atoms with Crippen molar-refractivity contribution < 1.29 is 8.83 Å². The van der Waals surface area contributed by atoms with Crippen molar-refractivity contribution in [2.75, 3.05) is 19.4 Å². The summed E-state index contributed by atoms with van der Waals surface area (Å²) in [6.07, 6.45) is 0. The van der Waals surface area contributed by atoms with Crippen LogP contribution < -0.4 is 41.3 Å². The van der Waals surface area contributed by atoms with Gasteiger partial charge in [-0.1, -0.05) is 289 Å². The lowest BCUT2D eigenvalue weighted by atomic mass is 9.42. The van der Waals surface area contributed by atoms with Gasteiger partial charge in [0, 0.05) is 77.8 Å². The maximum Gasteiger partial charge on any atom is 0.333 e. The maximum atomic E-state index is 7.68. The summed E-state index contributed by atoms with van der Waals surface area (Å²) in [6.45, 7) is 9.16. The van der Waals surface area contributed by atoms with E-state index in [1.807, 2.05) is 0 Å². The van der Waals surface area contributed by atoms with Crippen LogP contribution in [0.5, 0.6) is 0 Å². The number of furan rings is 2. The Morgan fingerprint density at radius 2 is 0.709 bits per heavy atom. The maximum absolute atomic E-state index is 7.68. The Labute approximate surface area is 638 Å². The van der Waals surface area contributed by atoms with Crippen LogP contribution in [0.15, 0.2) is 349 Å². The molecule has 110 heavy (non-hydrogen) atoms. The summed E-state index contributed by atoms with van der Waals surface area (Å²) in [5.41, 5.74) is 40.8. The summed E-state index contributed by atoms with van der Waals surface area (Å²) in [5.74, 6) is 0. The second kappa shape index (κ2) is 22.5. The van der Waals surface area contributed by atoms with E-state index in [0.29, 0.717) is 0 Å². The van der Waals surface area contributed by atoms with E-state index in [2.05, 4.69) is 387 Å². The molecule has 0 saturated heterocycles. The lowest BCUT2D eigenvalue weighted by Crippen LogP contribution is -2.62. The number of fused-ring (bicyclic) bond motifs is 20. The van der Waals surface area contributed by atoms with E-state index in [-0.39, 0.29) is 24.5 Å². The molecule has 0 atom stereocenters. The van der Waals surface area contributed by atoms with Crippen molar-refractivity contribution in [2.45, 2.75) is 38.5 Å². The summed E-state index contributed by atoms with van der Waals surface area (Å²) in [6, 6.07) is 127. The molecule has 6 aliphatic heterocycles. The predicted octanol–water partition coefficient (Wildman–Crippen LogP) is 24.5. The van der Waals surface area contributed by atoms with Crippen molar-refractivity contribution >= 4 is 136 Å². The summed E-state index contributed by atoms with van der Waals surface area (Å²) >= 11 is 0. The van der Waals surface area contributed by atoms with Gasteiger partial charge in [0.2, 0.25) is 0 Å². The average Bonchev–Trinajstić information content (AvgIpc) is 1.04. The molecule has 0 N–H and O–H groups in total. The third kappa shape index (κ3) is 8.40.